The summed E-state index contributed by atoms with van der Waals surface area (Å²) in [6, 6.07) is 10.4. The zero-order valence-electron chi connectivity index (χ0n) is 12.6. The van der Waals surface area contributed by atoms with Crippen molar-refractivity contribution >= 4 is 11.5 Å². The first-order chi connectivity index (χ1) is 9.76. The summed E-state index contributed by atoms with van der Waals surface area (Å²) < 4.78 is 0. The van der Waals surface area contributed by atoms with Crippen LogP contribution in [-0.4, -0.2) is 30.9 Å². The van der Waals surface area contributed by atoms with E-state index in [-0.39, 0.29) is 0 Å². The Bertz CT molecular complexity index is 510. The van der Waals surface area contributed by atoms with Crippen molar-refractivity contribution in [3.8, 4) is 0 Å². The average Bonchev–Trinajstić information content (AvgIpc) is 2.75. The Kier molecular flexibility index (Phi) is 4.99. The van der Waals surface area contributed by atoms with Crippen LogP contribution in [0.1, 0.15) is 20.3 Å². The van der Waals surface area contributed by atoms with Gasteiger partial charge >= 0.3 is 0 Å². The van der Waals surface area contributed by atoms with Crippen molar-refractivity contribution in [1.29, 1.82) is 0 Å². The lowest BCUT2D eigenvalue weighted by molar-refractivity contribution is 0.459. The number of hydrogen-bond acceptors (Lipinski definition) is 3. The van der Waals surface area contributed by atoms with E-state index in [1.54, 1.807) is 0 Å². The van der Waals surface area contributed by atoms with Crippen LogP contribution in [0.2, 0.25) is 0 Å². The maximum absolute atomic E-state index is 4.57. The van der Waals surface area contributed by atoms with Gasteiger partial charge in [-0.15, -0.1) is 0 Å². The molecule has 0 aromatic heterocycles. The molecule has 0 amide bonds. The molecule has 106 valence electrons. The van der Waals surface area contributed by atoms with Gasteiger partial charge in [0.2, 0.25) is 0 Å². The second-order valence-corrected chi connectivity index (χ2v) is 4.76. The first kappa shape index (κ1) is 14.4. The van der Waals surface area contributed by atoms with E-state index in [4.69, 9.17) is 0 Å². The third kappa shape index (κ3) is 3.29. The van der Waals surface area contributed by atoms with Crippen molar-refractivity contribution in [2.24, 2.45) is 4.99 Å². The third-order valence-electron chi connectivity index (χ3n) is 3.62. The zero-order valence-corrected chi connectivity index (χ0v) is 12.6. The predicted octanol–water partition coefficient (Wildman–Crippen LogP) is 3.66. The fourth-order valence-electron chi connectivity index (χ4n) is 2.37. The number of anilines is 1. The number of rotatable bonds is 4. The smallest absolute Gasteiger partial charge is 0.108 e. The summed E-state index contributed by atoms with van der Waals surface area (Å²) in [7, 11) is 2.09. The molecule has 0 bridgehead atoms. The molecule has 0 spiro atoms. The molecule has 0 radical (unpaired) electrons. The van der Waals surface area contributed by atoms with E-state index in [0.29, 0.717) is 0 Å². The fourth-order valence-corrected chi connectivity index (χ4v) is 2.37. The second kappa shape index (κ2) is 6.94. The molecule has 0 N–H and O–H groups in total. The summed E-state index contributed by atoms with van der Waals surface area (Å²) in [4.78, 5) is 9.06. The zero-order chi connectivity index (χ0) is 14.4. The lowest BCUT2D eigenvalue weighted by atomic mass is 10.2. The molecule has 0 atom stereocenters. The molecule has 0 aliphatic carbocycles. The Morgan fingerprint density at radius 2 is 1.80 bits per heavy atom. The van der Waals surface area contributed by atoms with Gasteiger partial charge in [-0.1, -0.05) is 24.3 Å². The summed E-state index contributed by atoms with van der Waals surface area (Å²) in [5.41, 5.74) is 2.37. The molecule has 3 nitrogen and oxygen atoms in total. The minimum absolute atomic E-state index is 0.876. The van der Waals surface area contributed by atoms with E-state index in [0.717, 1.165) is 25.3 Å². The van der Waals surface area contributed by atoms with Crippen LogP contribution in [-0.2, 0) is 0 Å². The van der Waals surface area contributed by atoms with Gasteiger partial charge in [-0.3, -0.25) is 0 Å². The first-order valence-electron chi connectivity index (χ1n) is 7.23. The third-order valence-corrected chi connectivity index (χ3v) is 3.62. The van der Waals surface area contributed by atoms with Gasteiger partial charge in [-0.25, -0.2) is 4.99 Å². The van der Waals surface area contributed by atoms with E-state index >= 15 is 0 Å². The maximum Gasteiger partial charge on any atom is 0.108 e. The predicted molar refractivity (Wildman–Crippen MR) is 87.0 cm³/mol. The molecule has 0 fully saturated rings. The quantitative estimate of drug-likeness (QED) is 0.830. The van der Waals surface area contributed by atoms with E-state index < -0.39 is 0 Å². The molecule has 0 saturated carbocycles. The Labute approximate surface area is 121 Å². The van der Waals surface area contributed by atoms with Crippen molar-refractivity contribution < 1.29 is 0 Å². The van der Waals surface area contributed by atoms with E-state index in [1.807, 2.05) is 12.3 Å². The molecule has 1 aromatic rings. The summed E-state index contributed by atoms with van der Waals surface area (Å²) in [5, 5.41) is 0. The molecule has 1 aliphatic heterocycles. The standard InChI is InChI=1S/C17H23N3/c1-4-20(5-2)17-12-11-16(13-14-18-17)19(3)15-9-7-6-8-10-15/h6-11,13-14H,4-5,12H2,1-3H3. The highest BCUT2D eigenvalue weighted by Crippen LogP contribution is 2.19. The summed E-state index contributed by atoms with van der Waals surface area (Å²) in [6.45, 7) is 6.34. The Morgan fingerprint density at radius 1 is 1.10 bits per heavy atom. The highest BCUT2D eigenvalue weighted by Gasteiger charge is 2.10. The van der Waals surface area contributed by atoms with E-state index in [2.05, 4.69) is 72.1 Å². The van der Waals surface area contributed by atoms with Crippen molar-refractivity contribution in [2.45, 2.75) is 20.3 Å². The van der Waals surface area contributed by atoms with Gasteiger partial charge in [0.15, 0.2) is 0 Å². The van der Waals surface area contributed by atoms with Gasteiger partial charge in [-0.2, -0.15) is 0 Å². The highest BCUT2D eigenvalue weighted by molar-refractivity contribution is 5.85. The second-order valence-electron chi connectivity index (χ2n) is 4.76. The van der Waals surface area contributed by atoms with Crippen molar-refractivity contribution in [1.82, 2.24) is 4.90 Å². The topological polar surface area (TPSA) is 18.8 Å². The number of nitrogens with zero attached hydrogens (tertiary/aromatic N) is 3. The summed E-state index contributed by atoms with van der Waals surface area (Å²) >= 11 is 0. The monoisotopic (exact) mass is 269 g/mol. The Hall–Kier alpha value is -2.03. The van der Waals surface area contributed by atoms with Crippen LogP contribution in [0.25, 0.3) is 0 Å². The van der Waals surface area contributed by atoms with E-state index in [9.17, 15) is 0 Å². The number of benzene rings is 1. The number of aliphatic imine (C=N–C) groups is 1. The lowest BCUT2D eigenvalue weighted by Crippen LogP contribution is -2.30. The first-order valence-corrected chi connectivity index (χ1v) is 7.23. The molecule has 20 heavy (non-hydrogen) atoms. The van der Waals surface area contributed by atoms with Gasteiger partial charge in [0.25, 0.3) is 0 Å². The number of para-hydroxylation sites is 1. The lowest BCUT2D eigenvalue weighted by Gasteiger charge is -2.22. The normalized spacial score (nSPS) is 14.3. The minimum Gasteiger partial charge on any atom is -0.360 e. The Balaban J connectivity index is 2.13. The number of amidine groups is 1. The number of allylic oxidation sites excluding steroid dienone is 1. The molecule has 1 aliphatic rings. The van der Waals surface area contributed by atoms with Crippen LogP contribution in [0.4, 0.5) is 5.69 Å². The molecule has 0 unspecified atom stereocenters. The van der Waals surface area contributed by atoms with Crippen LogP contribution in [0.3, 0.4) is 0 Å². The minimum atomic E-state index is 0.876. The van der Waals surface area contributed by atoms with Crippen molar-refractivity contribution in [3.05, 3.63) is 54.4 Å². The molecular formula is C17H23N3. The van der Waals surface area contributed by atoms with Crippen molar-refractivity contribution in [2.75, 3.05) is 25.0 Å². The van der Waals surface area contributed by atoms with Crippen molar-refractivity contribution in [3.63, 3.8) is 0 Å². The van der Waals surface area contributed by atoms with Gasteiger partial charge < -0.3 is 9.80 Å². The number of hydrogen-bond donors (Lipinski definition) is 0. The average molecular weight is 269 g/mol. The summed E-state index contributed by atoms with van der Waals surface area (Å²) in [5.74, 6) is 1.14. The highest BCUT2D eigenvalue weighted by atomic mass is 15.2. The van der Waals surface area contributed by atoms with Crippen LogP contribution < -0.4 is 4.90 Å². The van der Waals surface area contributed by atoms with Crippen LogP contribution >= 0.6 is 0 Å². The SMILES string of the molecule is CCN(CC)C1=NC=CC(N(C)c2ccccc2)=CC1. The van der Waals surface area contributed by atoms with Crippen LogP contribution in [0, 0.1) is 0 Å². The summed E-state index contributed by atoms with van der Waals surface area (Å²) in [6.07, 6.45) is 7.10. The van der Waals surface area contributed by atoms with Crippen LogP contribution in [0.15, 0.2) is 59.4 Å². The van der Waals surface area contributed by atoms with E-state index in [1.165, 1.54) is 11.4 Å². The molecule has 0 saturated heterocycles. The Morgan fingerprint density at radius 3 is 2.45 bits per heavy atom. The van der Waals surface area contributed by atoms with Gasteiger partial charge in [0, 0.05) is 44.1 Å². The van der Waals surface area contributed by atoms with Gasteiger partial charge in [-0.05, 0) is 32.1 Å². The molecule has 1 aromatic carbocycles. The maximum atomic E-state index is 4.57. The largest absolute Gasteiger partial charge is 0.360 e. The molecule has 2 rings (SSSR count). The fraction of sp³-hybridized carbons (Fsp3) is 0.353. The van der Waals surface area contributed by atoms with Gasteiger partial charge in [0.05, 0.1) is 0 Å². The molecule has 1 heterocycles. The number of likely N-dealkylation sites (N-methyl/N-ethyl adjacent to an activating group) is 1. The molecule has 3 heteroatoms. The van der Waals surface area contributed by atoms with Crippen LogP contribution in [0.5, 0.6) is 0 Å². The van der Waals surface area contributed by atoms with Gasteiger partial charge in [0.1, 0.15) is 5.84 Å². The molecular weight excluding hydrogens is 246 g/mol.